The lowest BCUT2D eigenvalue weighted by molar-refractivity contribution is 0.220. The number of hydrogen-bond donors (Lipinski definition) is 0. The molecule has 1 aromatic rings. The van der Waals surface area contributed by atoms with Gasteiger partial charge in [-0.25, -0.2) is 0 Å². The maximum absolute atomic E-state index is 8.48. The molecule has 1 aliphatic heterocycles. The molecule has 2 rings (SSSR count). The van der Waals surface area contributed by atoms with Gasteiger partial charge in [0.1, 0.15) is 5.75 Å². The van der Waals surface area contributed by atoms with E-state index in [0.29, 0.717) is 6.42 Å². The molecule has 0 N–H and O–H groups in total. The van der Waals surface area contributed by atoms with Crippen molar-refractivity contribution >= 4 is 0 Å². The number of benzene rings is 1. The standard InChI is InChI=1S/C18H26N2O/c19-11-4-1-2-7-14-21-18-10-8-9-17(15-18)16-20-12-5-3-6-13-20/h8-10,15H,1-7,12-14,16H2. The predicted molar refractivity (Wildman–Crippen MR) is 85.1 cm³/mol. The summed E-state index contributed by atoms with van der Waals surface area (Å²) in [7, 11) is 0. The average Bonchev–Trinajstić information content (AvgIpc) is 2.52. The van der Waals surface area contributed by atoms with Gasteiger partial charge in [0, 0.05) is 13.0 Å². The van der Waals surface area contributed by atoms with Gasteiger partial charge in [0.25, 0.3) is 0 Å². The molecule has 114 valence electrons. The SMILES string of the molecule is N#CCCCCCOc1cccc(CN2CCCCC2)c1. The first-order valence-corrected chi connectivity index (χ1v) is 8.19. The molecule has 1 aromatic carbocycles. The number of likely N-dealkylation sites (tertiary alicyclic amines) is 1. The molecule has 3 heteroatoms. The molecule has 21 heavy (non-hydrogen) atoms. The summed E-state index contributed by atoms with van der Waals surface area (Å²) in [6, 6.07) is 10.7. The van der Waals surface area contributed by atoms with Crippen LogP contribution in [0.5, 0.6) is 5.75 Å². The first-order valence-electron chi connectivity index (χ1n) is 8.19. The molecule has 0 radical (unpaired) electrons. The van der Waals surface area contributed by atoms with Gasteiger partial charge in [-0.2, -0.15) is 5.26 Å². The van der Waals surface area contributed by atoms with Crippen LogP contribution in [0.2, 0.25) is 0 Å². The predicted octanol–water partition coefficient (Wildman–Crippen LogP) is 4.14. The number of nitriles is 1. The molecule has 1 aliphatic rings. The van der Waals surface area contributed by atoms with Crippen molar-refractivity contribution in [2.75, 3.05) is 19.7 Å². The molecular formula is C18H26N2O. The number of nitrogens with zero attached hydrogens (tertiary/aromatic N) is 2. The van der Waals surface area contributed by atoms with E-state index in [1.165, 1.54) is 37.9 Å². The third-order valence-electron chi connectivity index (χ3n) is 3.95. The maximum atomic E-state index is 8.48. The Morgan fingerprint density at radius 3 is 2.76 bits per heavy atom. The lowest BCUT2D eigenvalue weighted by atomic mass is 10.1. The van der Waals surface area contributed by atoms with Crippen molar-refractivity contribution in [3.8, 4) is 11.8 Å². The Labute approximate surface area is 128 Å². The van der Waals surface area contributed by atoms with Gasteiger partial charge >= 0.3 is 0 Å². The average molecular weight is 286 g/mol. The van der Waals surface area contributed by atoms with Crippen molar-refractivity contribution < 1.29 is 4.74 Å². The number of rotatable bonds is 8. The van der Waals surface area contributed by atoms with Crippen LogP contribution in [0.1, 0.15) is 50.5 Å². The van der Waals surface area contributed by atoms with Gasteiger partial charge in [0.2, 0.25) is 0 Å². The van der Waals surface area contributed by atoms with Crippen molar-refractivity contribution in [2.45, 2.75) is 51.5 Å². The summed E-state index contributed by atoms with van der Waals surface area (Å²) < 4.78 is 5.81. The highest BCUT2D eigenvalue weighted by Gasteiger charge is 2.10. The fourth-order valence-corrected chi connectivity index (χ4v) is 2.78. The molecule has 0 unspecified atom stereocenters. The summed E-state index contributed by atoms with van der Waals surface area (Å²) in [6.45, 7) is 4.24. The molecule has 1 heterocycles. The van der Waals surface area contributed by atoms with Crippen LogP contribution in [0.15, 0.2) is 24.3 Å². The topological polar surface area (TPSA) is 36.3 Å². The minimum absolute atomic E-state index is 0.658. The van der Waals surface area contributed by atoms with Crippen LogP contribution < -0.4 is 4.74 Å². The van der Waals surface area contributed by atoms with Crippen LogP contribution in [-0.4, -0.2) is 24.6 Å². The highest BCUT2D eigenvalue weighted by Crippen LogP contribution is 2.18. The minimum atomic E-state index is 0.658. The zero-order valence-corrected chi connectivity index (χ0v) is 12.9. The van der Waals surface area contributed by atoms with E-state index in [9.17, 15) is 0 Å². The highest BCUT2D eigenvalue weighted by atomic mass is 16.5. The first kappa shape index (κ1) is 15.9. The second kappa shape index (κ2) is 9.41. The van der Waals surface area contributed by atoms with E-state index < -0.39 is 0 Å². The summed E-state index contributed by atoms with van der Waals surface area (Å²) >= 11 is 0. The molecule has 0 atom stereocenters. The zero-order chi connectivity index (χ0) is 14.8. The molecule has 3 nitrogen and oxygen atoms in total. The van der Waals surface area contributed by atoms with E-state index in [-0.39, 0.29) is 0 Å². The van der Waals surface area contributed by atoms with Crippen LogP contribution in [0.3, 0.4) is 0 Å². The largest absolute Gasteiger partial charge is 0.494 e. The highest BCUT2D eigenvalue weighted by molar-refractivity contribution is 5.28. The van der Waals surface area contributed by atoms with Crippen molar-refractivity contribution in [1.82, 2.24) is 4.90 Å². The minimum Gasteiger partial charge on any atom is -0.494 e. The second-order valence-electron chi connectivity index (χ2n) is 5.80. The smallest absolute Gasteiger partial charge is 0.119 e. The summed E-state index contributed by atoms with van der Waals surface area (Å²) in [5.41, 5.74) is 1.35. The third kappa shape index (κ3) is 6.18. The molecular weight excluding hydrogens is 260 g/mol. The lowest BCUT2D eigenvalue weighted by Gasteiger charge is -2.26. The van der Waals surface area contributed by atoms with E-state index in [2.05, 4.69) is 29.2 Å². The molecule has 0 spiro atoms. The number of hydrogen-bond acceptors (Lipinski definition) is 3. The van der Waals surface area contributed by atoms with E-state index in [1.807, 2.05) is 6.07 Å². The third-order valence-corrected chi connectivity index (χ3v) is 3.95. The Morgan fingerprint density at radius 2 is 1.95 bits per heavy atom. The number of ether oxygens (including phenoxy) is 1. The Bertz CT molecular complexity index is 447. The van der Waals surface area contributed by atoms with Crippen molar-refractivity contribution in [2.24, 2.45) is 0 Å². The van der Waals surface area contributed by atoms with Crippen molar-refractivity contribution in [1.29, 1.82) is 5.26 Å². The Hall–Kier alpha value is -1.53. The normalized spacial score (nSPS) is 15.6. The molecule has 0 saturated carbocycles. The van der Waals surface area contributed by atoms with Crippen LogP contribution in [0.25, 0.3) is 0 Å². The second-order valence-corrected chi connectivity index (χ2v) is 5.80. The van der Waals surface area contributed by atoms with Crippen LogP contribution in [0, 0.1) is 11.3 Å². The Morgan fingerprint density at radius 1 is 1.10 bits per heavy atom. The van der Waals surface area contributed by atoms with Gasteiger partial charge in [-0.3, -0.25) is 4.90 Å². The van der Waals surface area contributed by atoms with Gasteiger partial charge in [0.05, 0.1) is 12.7 Å². The summed E-state index contributed by atoms with van der Waals surface area (Å²) in [5, 5.41) is 8.48. The zero-order valence-electron chi connectivity index (χ0n) is 12.9. The molecule has 0 amide bonds. The van der Waals surface area contributed by atoms with E-state index in [4.69, 9.17) is 10.00 Å². The molecule has 1 saturated heterocycles. The quantitative estimate of drug-likeness (QED) is 0.674. The van der Waals surface area contributed by atoms with Gasteiger partial charge in [-0.15, -0.1) is 0 Å². The van der Waals surface area contributed by atoms with E-state index >= 15 is 0 Å². The summed E-state index contributed by atoms with van der Waals surface area (Å²) in [4.78, 5) is 2.53. The molecule has 0 aromatic heterocycles. The van der Waals surface area contributed by atoms with Crippen molar-refractivity contribution in [3.63, 3.8) is 0 Å². The maximum Gasteiger partial charge on any atom is 0.119 e. The summed E-state index contributed by atoms with van der Waals surface area (Å²) in [6.07, 6.45) is 7.78. The molecule has 1 fully saturated rings. The lowest BCUT2D eigenvalue weighted by Crippen LogP contribution is -2.29. The van der Waals surface area contributed by atoms with E-state index in [1.54, 1.807) is 0 Å². The van der Waals surface area contributed by atoms with Crippen LogP contribution in [0.4, 0.5) is 0 Å². The van der Waals surface area contributed by atoms with Gasteiger partial charge in [-0.1, -0.05) is 18.6 Å². The van der Waals surface area contributed by atoms with Gasteiger partial charge < -0.3 is 4.74 Å². The Balaban J connectivity index is 1.71. The fourth-order valence-electron chi connectivity index (χ4n) is 2.78. The first-order chi connectivity index (χ1) is 10.4. The van der Waals surface area contributed by atoms with Gasteiger partial charge in [0.15, 0.2) is 0 Å². The van der Waals surface area contributed by atoms with Crippen LogP contribution in [-0.2, 0) is 6.54 Å². The number of piperidine rings is 1. The Kier molecular flexibility index (Phi) is 7.11. The van der Waals surface area contributed by atoms with E-state index in [0.717, 1.165) is 38.2 Å². The monoisotopic (exact) mass is 286 g/mol. The van der Waals surface area contributed by atoms with Crippen molar-refractivity contribution in [3.05, 3.63) is 29.8 Å². The number of unbranched alkanes of at least 4 members (excludes halogenated alkanes) is 3. The fraction of sp³-hybridized carbons (Fsp3) is 0.611. The molecule has 0 aliphatic carbocycles. The summed E-state index contributed by atoms with van der Waals surface area (Å²) in [5.74, 6) is 0.977. The van der Waals surface area contributed by atoms with Crippen LogP contribution >= 0.6 is 0 Å². The van der Waals surface area contributed by atoms with Gasteiger partial charge in [-0.05, 0) is 62.9 Å². The molecule has 0 bridgehead atoms.